The molecular weight excluding hydrogens is 328 g/mol. The summed E-state index contributed by atoms with van der Waals surface area (Å²) in [6.45, 7) is 7.73. The van der Waals surface area contributed by atoms with E-state index in [9.17, 15) is 8.42 Å². The van der Waals surface area contributed by atoms with E-state index in [2.05, 4.69) is 10.2 Å². The molecule has 8 heteroatoms. The summed E-state index contributed by atoms with van der Waals surface area (Å²) in [7, 11) is -3.46. The van der Waals surface area contributed by atoms with E-state index >= 15 is 0 Å². The number of anilines is 1. The Hall–Kier alpha value is -1.93. The van der Waals surface area contributed by atoms with Gasteiger partial charge in [0.25, 0.3) is 0 Å². The minimum Gasteiger partial charge on any atom is -0.408 e. The van der Waals surface area contributed by atoms with Gasteiger partial charge in [-0.1, -0.05) is 31.1 Å². The summed E-state index contributed by atoms with van der Waals surface area (Å²) in [6.07, 6.45) is 0. The third kappa shape index (κ3) is 3.29. The molecule has 24 heavy (non-hydrogen) atoms. The molecule has 0 radical (unpaired) electrons. The SMILES string of the molecule is Cc1cccc(S(=O)(=O)N2CCN(c3nnc(C(C)C)o3)CC2)c1. The molecule has 1 aromatic heterocycles. The molecule has 1 fully saturated rings. The van der Waals surface area contributed by atoms with Crippen molar-refractivity contribution in [3.63, 3.8) is 0 Å². The molecular formula is C16H22N4O3S. The van der Waals surface area contributed by atoms with Crippen molar-refractivity contribution < 1.29 is 12.8 Å². The zero-order chi connectivity index (χ0) is 17.3. The molecule has 1 aliphatic heterocycles. The topological polar surface area (TPSA) is 79.5 Å². The van der Waals surface area contributed by atoms with Crippen LogP contribution in [0.1, 0.15) is 31.2 Å². The van der Waals surface area contributed by atoms with Crippen molar-refractivity contribution in [3.05, 3.63) is 35.7 Å². The molecule has 0 N–H and O–H groups in total. The fourth-order valence-corrected chi connectivity index (χ4v) is 4.16. The van der Waals surface area contributed by atoms with E-state index in [1.807, 2.05) is 31.7 Å². The van der Waals surface area contributed by atoms with Gasteiger partial charge in [-0.15, -0.1) is 5.10 Å². The van der Waals surface area contributed by atoms with E-state index in [4.69, 9.17) is 4.42 Å². The summed E-state index contributed by atoms with van der Waals surface area (Å²) < 4.78 is 32.6. The second kappa shape index (κ2) is 6.52. The minimum absolute atomic E-state index is 0.175. The number of hydrogen-bond acceptors (Lipinski definition) is 6. The Morgan fingerprint density at radius 1 is 1.12 bits per heavy atom. The number of rotatable bonds is 4. The van der Waals surface area contributed by atoms with Gasteiger partial charge in [-0.3, -0.25) is 0 Å². The first-order chi connectivity index (χ1) is 11.4. The molecule has 1 aliphatic rings. The van der Waals surface area contributed by atoms with Crippen LogP contribution >= 0.6 is 0 Å². The second-order valence-electron chi connectivity index (χ2n) is 6.29. The van der Waals surface area contributed by atoms with Gasteiger partial charge in [-0.25, -0.2) is 8.42 Å². The van der Waals surface area contributed by atoms with Gasteiger partial charge in [-0.2, -0.15) is 4.31 Å². The van der Waals surface area contributed by atoms with Crippen LogP contribution in [0.25, 0.3) is 0 Å². The van der Waals surface area contributed by atoms with Crippen LogP contribution in [0.4, 0.5) is 6.01 Å². The Balaban J connectivity index is 1.70. The summed E-state index contributed by atoms with van der Waals surface area (Å²) in [6, 6.07) is 7.46. The van der Waals surface area contributed by atoms with E-state index in [0.29, 0.717) is 43.0 Å². The molecule has 0 bridgehead atoms. The molecule has 1 aromatic carbocycles. The number of piperazine rings is 1. The molecule has 1 saturated heterocycles. The van der Waals surface area contributed by atoms with Crippen LogP contribution in [-0.2, 0) is 10.0 Å². The lowest BCUT2D eigenvalue weighted by molar-refractivity contribution is 0.367. The van der Waals surface area contributed by atoms with Gasteiger partial charge in [-0.05, 0) is 24.6 Å². The van der Waals surface area contributed by atoms with Gasteiger partial charge in [0, 0.05) is 32.1 Å². The summed E-state index contributed by atoms with van der Waals surface area (Å²) in [5.41, 5.74) is 0.932. The van der Waals surface area contributed by atoms with Gasteiger partial charge in [0.1, 0.15) is 0 Å². The zero-order valence-corrected chi connectivity index (χ0v) is 15.0. The van der Waals surface area contributed by atoms with E-state index < -0.39 is 10.0 Å². The maximum Gasteiger partial charge on any atom is 0.318 e. The van der Waals surface area contributed by atoms with Gasteiger partial charge >= 0.3 is 6.01 Å². The standard InChI is InChI=1S/C16H22N4O3S/c1-12(2)15-17-18-16(23-15)19-7-9-20(10-8-19)24(21,22)14-6-4-5-13(3)11-14/h4-6,11-12H,7-10H2,1-3H3. The highest BCUT2D eigenvalue weighted by Crippen LogP contribution is 2.22. The first-order valence-electron chi connectivity index (χ1n) is 8.03. The fourth-order valence-electron chi connectivity index (χ4n) is 2.63. The molecule has 2 heterocycles. The number of sulfonamides is 1. The van der Waals surface area contributed by atoms with Crippen LogP contribution in [0.3, 0.4) is 0 Å². The second-order valence-corrected chi connectivity index (χ2v) is 8.22. The maximum atomic E-state index is 12.7. The summed E-state index contributed by atoms with van der Waals surface area (Å²) in [5, 5.41) is 8.09. The van der Waals surface area contributed by atoms with Crippen molar-refractivity contribution in [3.8, 4) is 0 Å². The van der Waals surface area contributed by atoms with Gasteiger partial charge in [0.05, 0.1) is 4.90 Å². The van der Waals surface area contributed by atoms with Crippen molar-refractivity contribution in [2.75, 3.05) is 31.1 Å². The van der Waals surface area contributed by atoms with Gasteiger partial charge in [0.2, 0.25) is 15.9 Å². The molecule has 0 spiro atoms. The minimum atomic E-state index is -3.46. The Labute approximate surface area is 142 Å². The molecule has 0 saturated carbocycles. The van der Waals surface area contributed by atoms with Gasteiger partial charge < -0.3 is 9.32 Å². The average Bonchev–Trinajstić information content (AvgIpc) is 3.05. The lowest BCUT2D eigenvalue weighted by Gasteiger charge is -2.32. The highest BCUT2D eigenvalue weighted by molar-refractivity contribution is 7.89. The number of hydrogen-bond donors (Lipinski definition) is 0. The third-order valence-corrected chi connectivity index (χ3v) is 5.95. The Morgan fingerprint density at radius 2 is 1.83 bits per heavy atom. The largest absolute Gasteiger partial charge is 0.408 e. The number of nitrogens with zero attached hydrogens (tertiary/aromatic N) is 4. The molecule has 7 nitrogen and oxygen atoms in total. The predicted octanol–water partition coefficient (Wildman–Crippen LogP) is 2.01. The van der Waals surface area contributed by atoms with Gasteiger partial charge in [0.15, 0.2) is 0 Å². The van der Waals surface area contributed by atoms with Crippen molar-refractivity contribution in [1.29, 1.82) is 0 Å². The van der Waals surface area contributed by atoms with Crippen LogP contribution in [0.15, 0.2) is 33.6 Å². The van der Waals surface area contributed by atoms with Crippen LogP contribution < -0.4 is 4.90 Å². The van der Waals surface area contributed by atoms with E-state index in [1.54, 1.807) is 18.2 Å². The number of benzene rings is 1. The normalized spacial score (nSPS) is 16.8. The quantitative estimate of drug-likeness (QED) is 0.839. The monoisotopic (exact) mass is 350 g/mol. The Morgan fingerprint density at radius 3 is 2.42 bits per heavy atom. The number of aryl methyl sites for hydroxylation is 1. The first-order valence-corrected chi connectivity index (χ1v) is 9.47. The Bertz CT molecular complexity index is 808. The number of aromatic nitrogens is 2. The van der Waals surface area contributed by atoms with Crippen molar-refractivity contribution in [1.82, 2.24) is 14.5 Å². The molecule has 0 aliphatic carbocycles. The van der Waals surface area contributed by atoms with Crippen LogP contribution in [-0.4, -0.2) is 49.1 Å². The molecule has 0 unspecified atom stereocenters. The lowest BCUT2D eigenvalue weighted by Crippen LogP contribution is -2.48. The summed E-state index contributed by atoms with van der Waals surface area (Å²) in [5.74, 6) is 0.772. The average molecular weight is 350 g/mol. The highest BCUT2D eigenvalue weighted by Gasteiger charge is 2.30. The van der Waals surface area contributed by atoms with Crippen molar-refractivity contribution in [2.24, 2.45) is 0 Å². The van der Waals surface area contributed by atoms with Crippen LogP contribution in [0.5, 0.6) is 0 Å². The molecule has 130 valence electrons. The van der Waals surface area contributed by atoms with Crippen molar-refractivity contribution >= 4 is 16.0 Å². The van der Waals surface area contributed by atoms with E-state index in [1.165, 1.54) is 4.31 Å². The third-order valence-electron chi connectivity index (χ3n) is 4.06. The molecule has 0 atom stereocenters. The summed E-state index contributed by atoms with van der Waals surface area (Å²) >= 11 is 0. The molecule has 3 rings (SSSR count). The molecule has 0 amide bonds. The summed E-state index contributed by atoms with van der Waals surface area (Å²) in [4.78, 5) is 2.28. The van der Waals surface area contributed by atoms with Crippen molar-refractivity contribution in [2.45, 2.75) is 31.6 Å². The fraction of sp³-hybridized carbons (Fsp3) is 0.500. The molecule has 2 aromatic rings. The van der Waals surface area contributed by atoms with E-state index in [-0.39, 0.29) is 5.92 Å². The zero-order valence-electron chi connectivity index (χ0n) is 14.1. The van der Waals surface area contributed by atoms with Crippen LogP contribution in [0.2, 0.25) is 0 Å². The highest BCUT2D eigenvalue weighted by atomic mass is 32.2. The van der Waals surface area contributed by atoms with Crippen LogP contribution in [0, 0.1) is 6.92 Å². The van der Waals surface area contributed by atoms with E-state index in [0.717, 1.165) is 5.56 Å². The smallest absolute Gasteiger partial charge is 0.318 e. The lowest BCUT2D eigenvalue weighted by atomic mass is 10.2. The predicted molar refractivity (Wildman–Crippen MR) is 90.5 cm³/mol. The first kappa shape index (κ1) is 16.9. The maximum absolute atomic E-state index is 12.7. The Kier molecular flexibility index (Phi) is 4.60.